The molecule has 136 valence electrons. The predicted molar refractivity (Wildman–Crippen MR) is 100 cm³/mol. The van der Waals surface area contributed by atoms with Crippen LogP contribution in [0.5, 0.6) is 0 Å². The van der Waals surface area contributed by atoms with Gasteiger partial charge in [-0.25, -0.2) is 9.59 Å². The molecule has 0 saturated carbocycles. The normalized spacial score (nSPS) is 17.6. The number of carboxylic acids is 1. The van der Waals surface area contributed by atoms with Crippen LogP contribution in [0.4, 0.5) is 4.79 Å². The van der Waals surface area contributed by atoms with E-state index in [1.807, 2.05) is 24.3 Å². The molecule has 2 aliphatic rings. The summed E-state index contributed by atoms with van der Waals surface area (Å²) in [7, 11) is 0. The summed E-state index contributed by atoms with van der Waals surface area (Å²) in [6, 6.07) is 16.4. The van der Waals surface area contributed by atoms with Crippen molar-refractivity contribution in [2.24, 2.45) is 5.92 Å². The average Bonchev–Trinajstić information content (AvgIpc) is 3.28. The van der Waals surface area contributed by atoms with Gasteiger partial charge in [0.15, 0.2) is 0 Å². The average molecular weight is 361 g/mol. The minimum absolute atomic E-state index is 0.0338. The Labute approximate surface area is 157 Å². The van der Waals surface area contributed by atoms with E-state index < -0.39 is 5.97 Å². The molecule has 1 aliphatic heterocycles. The van der Waals surface area contributed by atoms with Gasteiger partial charge in [0.05, 0.1) is 0 Å². The number of amides is 1. The number of fused-ring (bicyclic) bond motifs is 3. The van der Waals surface area contributed by atoms with Gasteiger partial charge in [-0.2, -0.15) is 0 Å². The highest BCUT2D eigenvalue weighted by molar-refractivity contribution is 5.86. The van der Waals surface area contributed by atoms with E-state index in [4.69, 9.17) is 9.84 Å². The lowest BCUT2D eigenvalue weighted by Crippen LogP contribution is -2.30. The number of carbonyl (C=O) groups excluding carboxylic acids is 1. The Morgan fingerprint density at radius 1 is 1.07 bits per heavy atom. The first-order valence-electron chi connectivity index (χ1n) is 8.98. The van der Waals surface area contributed by atoms with Gasteiger partial charge >= 0.3 is 12.1 Å². The number of hydrogen-bond donors (Lipinski definition) is 1. The minimum atomic E-state index is -1.14. The van der Waals surface area contributed by atoms with Crippen molar-refractivity contribution in [3.63, 3.8) is 0 Å². The van der Waals surface area contributed by atoms with E-state index in [2.05, 4.69) is 36.1 Å². The lowest BCUT2D eigenvalue weighted by atomic mass is 9.98. The molecule has 27 heavy (non-hydrogen) atoms. The number of nitrogens with zero attached hydrogens (tertiary/aromatic N) is 1. The fourth-order valence-electron chi connectivity index (χ4n) is 3.89. The van der Waals surface area contributed by atoms with Crippen LogP contribution in [0.1, 0.15) is 23.5 Å². The van der Waals surface area contributed by atoms with E-state index in [1.165, 1.54) is 22.3 Å². The third-order valence-corrected chi connectivity index (χ3v) is 5.17. The zero-order valence-electron chi connectivity index (χ0n) is 14.7. The first-order chi connectivity index (χ1) is 13.1. The quantitative estimate of drug-likeness (QED) is 0.833. The maximum absolute atomic E-state index is 12.4. The highest BCUT2D eigenvalue weighted by Gasteiger charge is 2.31. The largest absolute Gasteiger partial charge is 0.472 e. The van der Waals surface area contributed by atoms with E-state index in [9.17, 15) is 9.59 Å². The van der Waals surface area contributed by atoms with E-state index >= 15 is 0 Å². The summed E-state index contributed by atoms with van der Waals surface area (Å²) in [4.78, 5) is 24.6. The van der Waals surface area contributed by atoms with E-state index in [-0.39, 0.29) is 24.5 Å². The number of aliphatic carboxylic acids is 1. The lowest BCUT2D eigenvalue weighted by molar-refractivity contribution is -0.130. The minimum Gasteiger partial charge on any atom is -0.472 e. The molecular formula is C22H19NO4. The predicted octanol–water partition coefficient (Wildman–Crippen LogP) is 3.35. The molecule has 1 heterocycles. The van der Waals surface area contributed by atoms with Crippen LogP contribution in [-0.4, -0.2) is 41.8 Å². The van der Waals surface area contributed by atoms with Gasteiger partial charge in [0.25, 0.3) is 0 Å². The molecule has 1 N–H and O–H groups in total. The molecule has 1 aliphatic carbocycles. The summed E-state index contributed by atoms with van der Waals surface area (Å²) in [5.41, 5.74) is 4.75. The fourth-order valence-corrected chi connectivity index (χ4v) is 3.89. The van der Waals surface area contributed by atoms with E-state index in [0.717, 1.165) is 0 Å². The molecule has 5 nitrogen and oxygen atoms in total. The van der Waals surface area contributed by atoms with Crippen molar-refractivity contribution in [1.82, 2.24) is 4.90 Å². The molecule has 2 aromatic carbocycles. The molecule has 0 bridgehead atoms. The van der Waals surface area contributed by atoms with Crippen LogP contribution in [0, 0.1) is 17.8 Å². The van der Waals surface area contributed by atoms with Gasteiger partial charge in [0.1, 0.15) is 6.61 Å². The summed E-state index contributed by atoms with van der Waals surface area (Å²) < 4.78 is 5.62. The molecule has 1 atom stereocenters. The molecule has 4 rings (SSSR count). The molecule has 1 saturated heterocycles. The number of rotatable bonds is 2. The van der Waals surface area contributed by atoms with E-state index in [0.29, 0.717) is 19.5 Å². The van der Waals surface area contributed by atoms with Gasteiger partial charge in [-0.15, -0.1) is 0 Å². The fraction of sp³-hybridized carbons (Fsp3) is 0.273. The Morgan fingerprint density at radius 3 is 2.33 bits per heavy atom. The standard InChI is InChI=1S/C22H19NO4/c24-21(25)10-9-15-11-12-23(13-15)22(26)27-14-20-18-7-3-1-5-16(18)17-6-2-4-8-19(17)20/h1-8,15,20H,11-14H2,(H,24,25). The molecule has 0 radical (unpaired) electrons. The second kappa shape index (κ2) is 7.16. The zero-order valence-corrected chi connectivity index (χ0v) is 14.7. The van der Waals surface area contributed by atoms with Crippen LogP contribution in [0.15, 0.2) is 48.5 Å². The zero-order chi connectivity index (χ0) is 18.8. The summed E-state index contributed by atoms with van der Waals surface area (Å²) in [5.74, 6) is 3.60. The van der Waals surface area contributed by atoms with Gasteiger partial charge < -0.3 is 14.7 Å². The molecule has 0 spiro atoms. The maximum atomic E-state index is 12.4. The first kappa shape index (κ1) is 17.2. The van der Waals surface area contributed by atoms with Crippen molar-refractivity contribution in [3.8, 4) is 23.0 Å². The first-order valence-corrected chi connectivity index (χ1v) is 8.98. The Hall–Kier alpha value is -3.26. The third kappa shape index (κ3) is 3.39. The van der Waals surface area contributed by atoms with Crippen LogP contribution in [-0.2, 0) is 9.53 Å². The van der Waals surface area contributed by atoms with Crippen LogP contribution in [0.3, 0.4) is 0 Å². The van der Waals surface area contributed by atoms with Crippen molar-refractivity contribution in [1.29, 1.82) is 0 Å². The molecule has 1 unspecified atom stereocenters. The second-order valence-corrected chi connectivity index (χ2v) is 6.81. The molecule has 1 fully saturated rings. The monoisotopic (exact) mass is 361 g/mol. The van der Waals surface area contributed by atoms with E-state index in [1.54, 1.807) is 4.90 Å². The number of carbonyl (C=O) groups is 2. The maximum Gasteiger partial charge on any atom is 0.409 e. The Bertz CT molecular complexity index is 911. The molecule has 2 aromatic rings. The van der Waals surface area contributed by atoms with Gasteiger partial charge in [-0.1, -0.05) is 54.5 Å². The number of carboxylic acid groups (broad SMARTS) is 1. The SMILES string of the molecule is O=C(O)C#CC1CCN(C(=O)OCC2c3ccccc3-c3ccccc32)C1. The van der Waals surface area contributed by atoms with Crippen LogP contribution < -0.4 is 0 Å². The van der Waals surface area contributed by atoms with Crippen LogP contribution >= 0.6 is 0 Å². The molecule has 0 aromatic heterocycles. The van der Waals surface area contributed by atoms with Crippen molar-refractivity contribution >= 4 is 12.1 Å². The topological polar surface area (TPSA) is 66.8 Å². The van der Waals surface area contributed by atoms with Crippen molar-refractivity contribution in [2.75, 3.05) is 19.7 Å². The summed E-state index contributed by atoms with van der Waals surface area (Å²) in [6.07, 6.45) is 0.307. The smallest absolute Gasteiger partial charge is 0.409 e. The Kier molecular flexibility index (Phi) is 4.55. The number of likely N-dealkylation sites (tertiary alicyclic amines) is 1. The highest BCUT2D eigenvalue weighted by Crippen LogP contribution is 2.44. The number of ether oxygens (including phenoxy) is 1. The molecule has 5 heteroatoms. The summed E-state index contributed by atoms with van der Waals surface area (Å²) >= 11 is 0. The summed E-state index contributed by atoms with van der Waals surface area (Å²) in [5, 5.41) is 8.64. The van der Waals surface area contributed by atoms with Gasteiger partial charge in [-0.3, -0.25) is 0 Å². The lowest BCUT2D eigenvalue weighted by Gasteiger charge is -2.19. The van der Waals surface area contributed by atoms with Gasteiger partial charge in [-0.05, 0) is 28.7 Å². The number of hydrogen-bond acceptors (Lipinski definition) is 3. The summed E-state index contributed by atoms with van der Waals surface area (Å²) in [6.45, 7) is 1.24. The van der Waals surface area contributed by atoms with Crippen LogP contribution in [0.25, 0.3) is 11.1 Å². The van der Waals surface area contributed by atoms with Crippen molar-refractivity contribution in [3.05, 3.63) is 59.7 Å². The molecule has 1 amide bonds. The Balaban J connectivity index is 1.43. The van der Waals surface area contributed by atoms with Gasteiger partial charge in [0, 0.05) is 30.8 Å². The third-order valence-electron chi connectivity index (χ3n) is 5.17. The second-order valence-electron chi connectivity index (χ2n) is 6.81. The highest BCUT2D eigenvalue weighted by atomic mass is 16.6. The van der Waals surface area contributed by atoms with Crippen molar-refractivity contribution < 1.29 is 19.4 Å². The van der Waals surface area contributed by atoms with Gasteiger partial charge in [0.2, 0.25) is 0 Å². The van der Waals surface area contributed by atoms with Crippen LogP contribution in [0.2, 0.25) is 0 Å². The van der Waals surface area contributed by atoms with Crippen molar-refractivity contribution in [2.45, 2.75) is 12.3 Å². The number of benzene rings is 2. The molecular weight excluding hydrogens is 342 g/mol. The Morgan fingerprint density at radius 2 is 1.70 bits per heavy atom.